The van der Waals surface area contributed by atoms with E-state index in [1.165, 1.54) is 0 Å². The zero-order chi connectivity index (χ0) is 12.4. The van der Waals surface area contributed by atoms with Crippen molar-refractivity contribution in [1.82, 2.24) is 4.98 Å². The summed E-state index contributed by atoms with van der Waals surface area (Å²) >= 11 is 17.9. The van der Waals surface area contributed by atoms with Crippen molar-refractivity contribution in [2.75, 3.05) is 18.1 Å². The van der Waals surface area contributed by atoms with Crippen molar-refractivity contribution in [3.8, 4) is 0 Å². The van der Waals surface area contributed by atoms with Crippen LogP contribution in [0.5, 0.6) is 0 Å². The van der Waals surface area contributed by atoms with Crippen molar-refractivity contribution in [2.24, 2.45) is 0 Å². The van der Waals surface area contributed by atoms with Crippen LogP contribution in [0.15, 0.2) is 6.07 Å². The van der Waals surface area contributed by atoms with Gasteiger partial charge in [0.15, 0.2) is 0 Å². The lowest BCUT2D eigenvalue weighted by Gasteiger charge is -2.36. The number of piperidine rings is 1. The number of rotatable bonds is 2. The van der Waals surface area contributed by atoms with Crippen LogP contribution < -0.4 is 4.90 Å². The highest BCUT2D eigenvalue weighted by Crippen LogP contribution is 2.34. The first-order valence-electron chi connectivity index (χ1n) is 5.52. The number of pyridine rings is 1. The Morgan fingerprint density at radius 1 is 1.29 bits per heavy atom. The third kappa shape index (κ3) is 2.79. The van der Waals surface area contributed by atoms with E-state index < -0.39 is 0 Å². The minimum Gasteiger partial charge on any atom is -0.394 e. The van der Waals surface area contributed by atoms with Gasteiger partial charge >= 0.3 is 0 Å². The molecule has 1 aromatic heterocycles. The molecule has 17 heavy (non-hydrogen) atoms. The lowest BCUT2D eigenvalue weighted by atomic mass is 10.0. The van der Waals surface area contributed by atoms with E-state index in [-0.39, 0.29) is 17.8 Å². The molecule has 3 nitrogen and oxygen atoms in total. The van der Waals surface area contributed by atoms with E-state index in [0.29, 0.717) is 15.9 Å². The molecule has 1 N–H and O–H groups in total. The van der Waals surface area contributed by atoms with E-state index in [1.807, 2.05) is 4.90 Å². The van der Waals surface area contributed by atoms with Gasteiger partial charge in [-0.1, -0.05) is 34.8 Å². The summed E-state index contributed by atoms with van der Waals surface area (Å²) in [6.45, 7) is 0.925. The zero-order valence-corrected chi connectivity index (χ0v) is 11.4. The monoisotopic (exact) mass is 294 g/mol. The maximum absolute atomic E-state index is 9.37. The minimum absolute atomic E-state index is 0.0611. The number of aromatic nitrogens is 1. The van der Waals surface area contributed by atoms with Crippen molar-refractivity contribution in [3.63, 3.8) is 0 Å². The van der Waals surface area contributed by atoms with E-state index in [9.17, 15) is 5.11 Å². The first-order chi connectivity index (χ1) is 8.13. The Bertz CT molecular complexity index is 414. The largest absolute Gasteiger partial charge is 0.394 e. The summed E-state index contributed by atoms with van der Waals surface area (Å²) in [5, 5.41) is 10.4. The van der Waals surface area contributed by atoms with Gasteiger partial charge in [-0.05, 0) is 25.3 Å². The second kappa shape index (κ2) is 5.61. The molecule has 1 aliphatic heterocycles. The molecule has 0 aliphatic carbocycles. The van der Waals surface area contributed by atoms with Crippen molar-refractivity contribution < 1.29 is 5.11 Å². The van der Waals surface area contributed by atoms with Crippen LogP contribution in [0.4, 0.5) is 5.82 Å². The van der Waals surface area contributed by atoms with Crippen LogP contribution in [0.2, 0.25) is 15.2 Å². The molecular formula is C11H13Cl3N2O. The number of aliphatic hydroxyl groups is 1. The first-order valence-corrected chi connectivity index (χ1v) is 6.66. The van der Waals surface area contributed by atoms with Crippen LogP contribution in [0.25, 0.3) is 0 Å². The van der Waals surface area contributed by atoms with Gasteiger partial charge in [-0.25, -0.2) is 4.98 Å². The summed E-state index contributed by atoms with van der Waals surface area (Å²) in [6, 6.07) is 1.66. The van der Waals surface area contributed by atoms with Gasteiger partial charge in [0.1, 0.15) is 11.0 Å². The highest BCUT2D eigenvalue weighted by molar-refractivity contribution is 6.42. The number of nitrogens with zero attached hydrogens (tertiary/aromatic N) is 2. The van der Waals surface area contributed by atoms with Crippen molar-refractivity contribution >= 4 is 40.6 Å². The van der Waals surface area contributed by atoms with Crippen molar-refractivity contribution in [2.45, 2.75) is 25.3 Å². The Morgan fingerprint density at radius 2 is 2.06 bits per heavy atom. The fraction of sp³-hybridized carbons (Fsp3) is 0.545. The first kappa shape index (κ1) is 13.2. The molecule has 1 fully saturated rings. The molecule has 0 radical (unpaired) electrons. The molecule has 0 spiro atoms. The molecule has 94 valence electrons. The highest BCUT2D eigenvalue weighted by Gasteiger charge is 2.25. The molecule has 0 saturated carbocycles. The Labute approximate surface area is 115 Å². The van der Waals surface area contributed by atoms with Gasteiger partial charge in [0, 0.05) is 6.54 Å². The molecule has 1 aliphatic rings. The molecule has 6 heteroatoms. The van der Waals surface area contributed by atoms with Gasteiger partial charge in [0.25, 0.3) is 0 Å². The van der Waals surface area contributed by atoms with Crippen LogP contribution in [-0.4, -0.2) is 29.3 Å². The van der Waals surface area contributed by atoms with E-state index in [1.54, 1.807) is 6.07 Å². The smallest absolute Gasteiger partial charge is 0.150 e. The van der Waals surface area contributed by atoms with Gasteiger partial charge in [-0.2, -0.15) is 0 Å². The molecule has 2 heterocycles. The maximum Gasteiger partial charge on any atom is 0.150 e. The number of anilines is 1. The highest BCUT2D eigenvalue weighted by atomic mass is 35.5. The molecule has 1 atom stereocenters. The van der Waals surface area contributed by atoms with Crippen LogP contribution in [-0.2, 0) is 0 Å². The molecule has 0 bridgehead atoms. The lowest BCUT2D eigenvalue weighted by Crippen LogP contribution is -2.42. The van der Waals surface area contributed by atoms with Crippen LogP contribution in [0, 0.1) is 0 Å². The summed E-state index contributed by atoms with van der Waals surface area (Å²) in [5.74, 6) is 0.611. The second-order valence-electron chi connectivity index (χ2n) is 4.09. The SMILES string of the molecule is OCC1CCCCN1c1nc(Cl)c(Cl)cc1Cl. The maximum atomic E-state index is 9.37. The fourth-order valence-electron chi connectivity index (χ4n) is 2.11. The van der Waals surface area contributed by atoms with E-state index in [2.05, 4.69) is 4.98 Å². The summed E-state index contributed by atoms with van der Waals surface area (Å²) in [6.07, 6.45) is 3.12. The summed E-state index contributed by atoms with van der Waals surface area (Å²) in [7, 11) is 0. The van der Waals surface area contributed by atoms with Crippen molar-refractivity contribution in [3.05, 3.63) is 21.3 Å². The number of aliphatic hydroxyl groups excluding tert-OH is 1. The van der Waals surface area contributed by atoms with Crippen molar-refractivity contribution in [1.29, 1.82) is 0 Å². The summed E-state index contributed by atoms with van der Waals surface area (Å²) in [5.41, 5.74) is 0. The van der Waals surface area contributed by atoms with E-state index >= 15 is 0 Å². The van der Waals surface area contributed by atoms with E-state index in [4.69, 9.17) is 34.8 Å². The predicted molar refractivity (Wildman–Crippen MR) is 71.3 cm³/mol. The number of halogens is 3. The number of hydrogen-bond donors (Lipinski definition) is 1. The van der Waals surface area contributed by atoms with Crippen LogP contribution in [0.1, 0.15) is 19.3 Å². The predicted octanol–water partition coefficient (Wildman–Crippen LogP) is 3.39. The normalized spacial score (nSPS) is 20.7. The Balaban J connectivity index is 2.34. The fourth-order valence-corrected chi connectivity index (χ4v) is 2.71. The molecule has 1 saturated heterocycles. The Morgan fingerprint density at radius 3 is 2.76 bits per heavy atom. The zero-order valence-electron chi connectivity index (χ0n) is 9.17. The minimum atomic E-state index is 0.0611. The second-order valence-corrected chi connectivity index (χ2v) is 5.26. The Kier molecular flexibility index (Phi) is 4.36. The van der Waals surface area contributed by atoms with E-state index in [0.717, 1.165) is 25.8 Å². The van der Waals surface area contributed by atoms with Crippen LogP contribution in [0.3, 0.4) is 0 Å². The van der Waals surface area contributed by atoms with Gasteiger partial charge < -0.3 is 10.0 Å². The Hall–Kier alpha value is -0.220. The average molecular weight is 296 g/mol. The quantitative estimate of drug-likeness (QED) is 0.850. The molecule has 1 aromatic rings. The van der Waals surface area contributed by atoms with Gasteiger partial charge in [0.05, 0.1) is 22.7 Å². The third-order valence-electron chi connectivity index (χ3n) is 2.98. The summed E-state index contributed by atoms with van der Waals surface area (Å²) in [4.78, 5) is 6.22. The van der Waals surface area contributed by atoms with Gasteiger partial charge in [-0.15, -0.1) is 0 Å². The molecule has 0 aromatic carbocycles. The summed E-state index contributed by atoms with van der Waals surface area (Å²) < 4.78 is 0. The molecule has 2 rings (SSSR count). The number of hydrogen-bond acceptors (Lipinski definition) is 3. The molecule has 0 amide bonds. The third-order valence-corrected chi connectivity index (χ3v) is 3.93. The molecular weight excluding hydrogens is 282 g/mol. The molecule has 1 unspecified atom stereocenters. The van der Waals surface area contributed by atoms with Gasteiger partial charge in [0.2, 0.25) is 0 Å². The average Bonchev–Trinajstić information content (AvgIpc) is 2.34. The lowest BCUT2D eigenvalue weighted by molar-refractivity contribution is 0.239. The van der Waals surface area contributed by atoms with Crippen LogP contribution >= 0.6 is 34.8 Å². The van der Waals surface area contributed by atoms with Gasteiger partial charge in [-0.3, -0.25) is 0 Å². The standard InChI is InChI=1S/C11H13Cl3N2O/c12-8-5-9(13)11(15-10(8)14)16-4-2-1-3-7(16)6-17/h5,7,17H,1-4,6H2. The topological polar surface area (TPSA) is 36.4 Å².